The second kappa shape index (κ2) is 6.41. The van der Waals surface area contributed by atoms with E-state index in [4.69, 9.17) is 11.6 Å². The van der Waals surface area contributed by atoms with Crippen LogP contribution in [0.4, 0.5) is 5.69 Å². The fraction of sp³-hybridized carbons (Fsp3) is 0.267. The lowest BCUT2D eigenvalue weighted by atomic mass is 10.0. The SMILES string of the molecule is CCCC(Nc1ccc(Cl)nc1)c1ccccc1. The Bertz CT molecular complexity index is 468. The molecule has 3 heteroatoms. The zero-order valence-electron chi connectivity index (χ0n) is 10.4. The first-order chi connectivity index (χ1) is 8.79. The molecule has 0 aliphatic rings. The molecule has 0 radical (unpaired) electrons. The van der Waals surface area contributed by atoms with Crippen LogP contribution in [0.3, 0.4) is 0 Å². The maximum atomic E-state index is 5.79. The van der Waals surface area contributed by atoms with Crippen LogP contribution in [-0.4, -0.2) is 4.98 Å². The Hall–Kier alpha value is -1.54. The molecule has 0 aliphatic heterocycles. The quantitative estimate of drug-likeness (QED) is 0.789. The van der Waals surface area contributed by atoms with Crippen molar-refractivity contribution in [2.45, 2.75) is 25.8 Å². The number of hydrogen-bond acceptors (Lipinski definition) is 2. The van der Waals surface area contributed by atoms with E-state index in [1.807, 2.05) is 12.1 Å². The molecule has 1 heterocycles. The van der Waals surface area contributed by atoms with Crippen molar-refractivity contribution in [3.8, 4) is 0 Å². The van der Waals surface area contributed by atoms with Crippen molar-refractivity contribution in [1.29, 1.82) is 0 Å². The number of aromatic nitrogens is 1. The van der Waals surface area contributed by atoms with E-state index in [0.29, 0.717) is 11.2 Å². The Labute approximate surface area is 113 Å². The van der Waals surface area contributed by atoms with Gasteiger partial charge in [-0.25, -0.2) is 4.98 Å². The van der Waals surface area contributed by atoms with E-state index in [1.54, 1.807) is 12.3 Å². The molecular weight excluding hydrogens is 244 g/mol. The molecule has 1 unspecified atom stereocenters. The van der Waals surface area contributed by atoms with Gasteiger partial charge >= 0.3 is 0 Å². The smallest absolute Gasteiger partial charge is 0.129 e. The summed E-state index contributed by atoms with van der Waals surface area (Å²) in [6.45, 7) is 2.19. The van der Waals surface area contributed by atoms with Gasteiger partial charge in [-0.2, -0.15) is 0 Å². The molecule has 18 heavy (non-hydrogen) atoms. The third-order valence-electron chi connectivity index (χ3n) is 2.85. The number of hydrogen-bond donors (Lipinski definition) is 1. The molecule has 1 aromatic heterocycles. The largest absolute Gasteiger partial charge is 0.377 e. The maximum absolute atomic E-state index is 5.79. The van der Waals surface area contributed by atoms with Crippen LogP contribution in [0.5, 0.6) is 0 Å². The zero-order chi connectivity index (χ0) is 12.8. The molecule has 94 valence electrons. The summed E-state index contributed by atoms with van der Waals surface area (Å²) >= 11 is 5.79. The predicted molar refractivity (Wildman–Crippen MR) is 77.0 cm³/mol. The van der Waals surface area contributed by atoms with Gasteiger partial charge in [0.25, 0.3) is 0 Å². The molecule has 0 fully saturated rings. The first-order valence-corrected chi connectivity index (χ1v) is 6.60. The first-order valence-electron chi connectivity index (χ1n) is 6.22. The van der Waals surface area contributed by atoms with Crippen LogP contribution in [0, 0.1) is 0 Å². The van der Waals surface area contributed by atoms with Gasteiger partial charge in [0.15, 0.2) is 0 Å². The van der Waals surface area contributed by atoms with Crippen molar-refractivity contribution in [1.82, 2.24) is 4.98 Å². The minimum absolute atomic E-state index is 0.319. The fourth-order valence-electron chi connectivity index (χ4n) is 1.96. The van der Waals surface area contributed by atoms with E-state index < -0.39 is 0 Å². The lowest BCUT2D eigenvalue weighted by Gasteiger charge is -2.19. The Morgan fingerprint density at radius 2 is 1.94 bits per heavy atom. The van der Waals surface area contributed by atoms with Gasteiger partial charge in [-0.3, -0.25) is 0 Å². The third kappa shape index (κ3) is 3.47. The Morgan fingerprint density at radius 1 is 1.17 bits per heavy atom. The summed E-state index contributed by atoms with van der Waals surface area (Å²) in [5.41, 5.74) is 2.30. The zero-order valence-corrected chi connectivity index (χ0v) is 11.2. The molecule has 0 saturated carbocycles. The second-order valence-corrected chi connectivity index (χ2v) is 4.65. The second-order valence-electron chi connectivity index (χ2n) is 4.27. The summed E-state index contributed by atoms with van der Waals surface area (Å²) in [5, 5.41) is 4.02. The third-order valence-corrected chi connectivity index (χ3v) is 3.07. The monoisotopic (exact) mass is 260 g/mol. The highest BCUT2D eigenvalue weighted by Crippen LogP contribution is 2.23. The molecule has 0 bridgehead atoms. The van der Waals surface area contributed by atoms with E-state index in [9.17, 15) is 0 Å². The number of rotatable bonds is 5. The summed E-state index contributed by atoms with van der Waals surface area (Å²) < 4.78 is 0. The minimum atomic E-state index is 0.319. The van der Waals surface area contributed by atoms with Crippen LogP contribution < -0.4 is 5.32 Å². The highest BCUT2D eigenvalue weighted by atomic mass is 35.5. The number of pyridine rings is 1. The van der Waals surface area contributed by atoms with Crippen LogP contribution in [0.1, 0.15) is 31.4 Å². The summed E-state index contributed by atoms with van der Waals surface area (Å²) in [6, 6.07) is 14.6. The van der Waals surface area contributed by atoms with Crippen LogP contribution in [0.2, 0.25) is 5.15 Å². The summed E-state index contributed by atoms with van der Waals surface area (Å²) in [6.07, 6.45) is 3.99. The minimum Gasteiger partial charge on any atom is -0.377 e. The molecular formula is C15H17ClN2. The molecule has 0 spiro atoms. The number of benzene rings is 1. The Kier molecular flexibility index (Phi) is 4.59. The van der Waals surface area contributed by atoms with Gasteiger partial charge in [0.05, 0.1) is 17.9 Å². The average Bonchev–Trinajstić information content (AvgIpc) is 2.42. The van der Waals surface area contributed by atoms with E-state index in [2.05, 4.69) is 41.5 Å². The van der Waals surface area contributed by atoms with E-state index in [1.165, 1.54) is 5.56 Å². The lowest BCUT2D eigenvalue weighted by molar-refractivity contribution is 0.677. The van der Waals surface area contributed by atoms with Crippen molar-refractivity contribution in [2.75, 3.05) is 5.32 Å². The highest BCUT2D eigenvalue weighted by molar-refractivity contribution is 6.29. The van der Waals surface area contributed by atoms with Crippen LogP contribution in [-0.2, 0) is 0 Å². The number of nitrogens with zero attached hydrogens (tertiary/aromatic N) is 1. The van der Waals surface area contributed by atoms with Crippen molar-refractivity contribution >= 4 is 17.3 Å². The molecule has 2 rings (SSSR count). The van der Waals surface area contributed by atoms with E-state index >= 15 is 0 Å². The van der Waals surface area contributed by atoms with Crippen LogP contribution >= 0.6 is 11.6 Å². The van der Waals surface area contributed by atoms with Gasteiger partial charge in [0.2, 0.25) is 0 Å². The van der Waals surface area contributed by atoms with Crippen LogP contribution in [0.25, 0.3) is 0 Å². The van der Waals surface area contributed by atoms with Gasteiger partial charge in [-0.05, 0) is 24.1 Å². The normalized spacial score (nSPS) is 12.1. The molecule has 1 atom stereocenters. The maximum Gasteiger partial charge on any atom is 0.129 e. The molecule has 0 saturated heterocycles. The average molecular weight is 261 g/mol. The molecule has 1 aromatic carbocycles. The number of nitrogens with one attached hydrogen (secondary N) is 1. The molecule has 1 N–H and O–H groups in total. The molecule has 2 nitrogen and oxygen atoms in total. The van der Waals surface area contributed by atoms with Gasteiger partial charge in [0, 0.05) is 0 Å². The van der Waals surface area contributed by atoms with Crippen LogP contribution in [0.15, 0.2) is 48.7 Å². The summed E-state index contributed by atoms with van der Waals surface area (Å²) in [4.78, 5) is 4.09. The van der Waals surface area contributed by atoms with Crippen molar-refractivity contribution in [2.24, 2.45) is 0 Å². The topological polar surface area (TPSA) is 24.9 Å². The molecule has 0 aliphatic carbocycles. The Balaban J connectivity index is 2.14. The fourth-order valence-corrected chi connectivity index (χ4v) is 2.07. The van der Waals surface area contributed by atoms with Gasteiger partial charge in [-0.1, -0.05) is 55.3 Å². The van der Waals surface area contributed by atoms with Gasteiger partial charge in [-0.15, -0.1) is 0 Å². The Morgan fingerprint density at radius 3 is 2.56 bits per heavy atom. The van der Waals surface area contributed by atoms with E-state index in [0.717, 1.165) is 18.5 Å². The summed E-state index contributed by atoms with van der Waals surface area (Å²) in [5.74, 6) is 0. The number of halogens is 1. The molecule has 0 amide bonds. The summed E-state index contributed by atoms with van der Waals surface area (Å²) in [7, 11) is 0. The van der Waals surface area contributed by atoms with Crippen molar-refractivity contribution < 1.29 is 0 Å². The first kappa shape index (κ1) is 12.9. The lowest BCUT2D eigenvalue weighted by Crippen LogP contribution is -2.10. The van der Waals surface area contributed by atoms with Crippen molar-refractivity contribution in [3.63, 3.8) is 0 Å². The van der Waals surface area contributed by atoms with E-state index in [-0.39, 0.29) is 0 Å². The molecule has 2 aromatic rings. The standard InChI is InChI=1S/C15H17ClN2/c1-2-6-14(12-7-4-3-5-8-12)18-13-9-10-15(16)17-11-13/h3-5,7-11,14,18H,2,6H2,1H3. The van der Waals surface area contributed by atoms with Gasteiger partial charge in [0.1, 0.15) is 5.15 Å². The highest BCUT2D eigenvalue weighted by Gasteiger charge is 2.09. The predicted octanol–water partition coefficient (Wildman–Crippen LogP) is 4.69. The van der Waals surface area contributed by atoms with Crippen molar-refractivity contribution in [3.05, 3.63) is 59.4 Å². The van der Waals surface area contributed by atoms with Gasteiger partial charge < -0.3 is 5.32 Å². The number of anilines is 1.